The van der Waals surface area contributed by atoms with Gasteiger partial charge in [-0.05, 0) is 60.0 Å². The Balaban J connectivity index is 1.26. The van der Waals surface area contributed by atoms with Crippen LogP contribution in [0.4, 0.5) is 0 Å². The number of carbonyl (C=O) groups is 1. The smallest absolute Gasteiger partial charge is 0.258 e. The summed E-state index contributed by atoms with van der Waals surface area (Å²) in [6.45, 7) is 0.404. The Morgan fingerprint density at radius 1 is 1.06 bits per heavy atom. The molecule has 1 amide bonds. The van der Waals surface area contributed by atoms with E-state index in [0.717, 1.165) is 28.2 Å². The summed E-state index contributed by atoms with van der Waals surface area (Å²) in [6, 6.07) is 22.4. The molecule has 0 saturated carbocycles. The maximum atomic E-state index is 12.4. The molecular weight excluding hydrogens is 440 g/mol. The highest BCUT2D eigenvalue weighted by atomic mass is 35.5. The van der Waals surface area contributed by atoms with Gasteiger partial charge in [-0.25, -0.2) is 16.3 Å². The Kier molecular flexibility index (Phi) is 7.57. The standard InChI is InChI=1S/C25H25ClN4O3/c1-32-20-10-6-17(7-11-20)15-27-30-25(31)24-14-23(28-29-24)18-8-12-21(13-9-18)33-16-19-4-2-3-5-22(19)26/h2-13,15,23-24,28-29H,14,16H2,1H3,(H,30,31)/b27-15+. The largest absolute Gasteiger partial charge is 0.497 e. The van der Waals surface area contributed by atoms with Crippen LogP contribution in [-0.4, -0.2) is 25.3 Å². The lowest BCUT2D eigenvalue weighted by Gasteiger charge is -2.12. The molecule has 1 fully saturated rings. The van der Waals surface area contributed by atoms with Crippen molar-refractivity contribution in [3.05, 3.63) is 94.5 Å². The van der Waals surface area contributed by atoms with E-state index in [1.54, 1.807) is 13.3 Å². The molecule has 3 aromatic rings. The average molecular weight is 465 g/mol. The monoisotopic (exact) mass is 464 g/mol. The van der Waals surface area contributed by atoms with Gasteiger partial charge in [-0.15, -0.1) is 0 Å². The van der Waals surface area contributed by atoms with Crippen LogP contribution in [0.1, 0.15) is 29.2 Å². The van der Waals surface area contributed by atoms with Gasteiger partial charge in [0, 0.05) is 16.6 Å². The second-order valence-electron chi connectivity index (χ2n) is 7.59. The molecule has 0 bridgehead atoms. The van der Waals surface area contributed by atoms with Gasteiger partial charge in [-0.1, -0.05) is 41.9 Å². The van der Waals surface area contributed by atoms with Crippen molar-refractivity contribution in [2.45, 2.75) is 25.1 Å². The Morgan fingerprint density at radius 3 is 2.52 bits per heavy atom. The first kappa shape index (κ1) is 22.8. The zero-order chi connectivity index (χ0) is 23.0. The van der Waals surface area contributed by atoms with Crippen LogP contribution in [-0.2, 0) is 11.4 Å². The average Bonchev–Trinajstić information content (AvgIpc) is 3.35. The predicted molar refractivity (Wildman–Crippen MR) is 128 cm³/mol. The van der Waals surface area contributed by atoms with Gasteiger partial charge in [0.2, 0.25) is 0 Å². The van der Waals surface area contributed by atoms with Crippen LogP contribution in [0.3, 0.4) is 0 Å². The SMILES string of the molecule is COc1ccc(/C=N/NC(=O)C2CC(c3ccc(OCc4ccccc4Cl)cc3)NN2)cc1. The number of nitrogens with zero attached hydrogens (tertiary/aromatic N) is 1. The Labute approximate surface area is 197 Å². The molecule has 0 spiro atoms. The minimum Gasteiger partial charge on any atom is -0.497 e. The summed E-state index contributed by atoms with van der Waals surface area (Å²) in [6.07, 6.45) is 2.20. The number of nitrogens with one attached hydrogen (secondary N) is 3. The summed E-state index contributed by atoms with van der Waals surface area (Å²) in [4.78, 5) is 12.4. The third kappa shape index (κ3) is 6.10. The van der Waals surface area contributed by atoms with E-state index in [1.165, 1.54) is 0 Å². The number of hydrogen-bond donors (Lipinski definition) is 3. The van der Waals surface area contributed by atoms with Crippen LogP contribution in [0.15, 0.2) is 77.9 Å². The predicted octanol–water partition coefficient (Wildman–Crippen LogP) is 3.99. The van der Waals surface area contributed by atoms with Gasteiger partial charge < -0.3 is 9.47 Å². The summed E-state index contributed by atoms with van der Waals surface area (Å²) < 4.78 is 11.0. The fraction of sp³-hybridized carbons (Fsp3) is 0.200. The normalized spacial score (nSPS) is 17.8. The summed E-state index contributed by atoms with van der Waals surface area (Å²) >= 11 is 6.17. The van der Waals surface area contributed by atoms with Crippen molar-refractivity contribution < 1.29 is 14.3 Å². The second-order valence-corrected chi connectivity index (χ2v) is 7.99. The molecule has 1 saturated heterocycles. The molecule has 1 aliphatic heterocycles. The minimum atomic E-state index is -0.390. The molecule has 1 aliphatic rings. The minimum absolute atomic E-state index is 0.00364. The molecule has 7 nitrogen and oxygen atoms in total. The molecule has 1 heterocycles. The molecule has 170 valence electrons. The molecule has 4 rings (SSSR count). The van der Waals surface area contributed by atoms with Crippen LogP contribution < -0.4 is 25.8 Å². The lowest BCUT2D eigenvalue weighted by molar-refractivity contribution is -0.122. The fourth-order valence-electron chi connectivity index (χ4n) is 3.46. The highest BCUT2D eigenvalue weighted by molar-refractivity contribution is 6.31. The Morgan fingerprint density at radius 2 is 1.79 bits per heavy atom. The van der Waals surface area contributed by atoms with E-state index in [1.807, 2.05) is 72.8 Å². The first-order valence-electron chi connectivity index (χ1n) is 10.6. The number of amides is 1. The van der Waals surface area contributed by atoms with Crippen molar-refractivity contribution >= 4 is 23.7 Å². The van der Waals surface area contributed by atoms with E-state index in [-0.39, 0.29) is 18.0 Å². The van der Waals surface area contributed by atoms with Gasteiger partial charge >= 0.3 is 0 Å². The Hall–Kier alpha value is -3.39. The number of methoxy groups -OCH3 is 1. The molecule has 3 N–H and O–H groups in total. The van der Waals surface area contributed by atoms with E-state index in [2.05, 4.69) is 21.4 Å². The molecule has 0 aromatic heterocycles. The van der Waals surface area contributed by atoms with Gasteiger partial charge in [-0.2, -0.15) is 5.10 Å². The highest BCUT2D eigenvalue weighted by Crippen LogP contribution is 2.25. The number of ether oxygens (including phenoxy) is 2. The van der Waals surface area contributed by atoms with Crippen molar-refractivity contribution in [1.29, 1.82) is 0 Å². The van der Waals surface area contributed by atoms with Crippen molar-refractivity contribution in [2.75, 3.05) is 7.11 Å². The zero-order valence-corrected chi connectivity index (χ0v) is 18.9. The molecule has 0 aliphatic carbocycles. The second kappa shape index (κ2) is 11.0. The molecule has 0 radical (unpaired) electrons. The van der Waals surface area contributed by atoms with Gasteiger partial charge in [0.25, 0.3) is 5.91 Å². The van der Waals surface area contributed by atoms with Crippen LogP contribution in [0.2, 0.25) is 5.02 Å². The van der Waals surface area contributed by atoms with Crippen molar-refractivity contribution in [1.82, 2.24) is 16.3 Å². The fourth-order valence-corrected chi connectivity index (χ4v) is 3.65. The quantitative estimate of drug-likeness (QED) is 0.347. The van der Waals surface area contributed by atoms with E-state index in [9.17, 15) is 4.79 Å². The number of benzene rings is 3. The third-order valence-electron chi connectivity index (χ3n) is 5.36. The van der Waals surface area contributed by atoms with E-state index in [0.29, 0.717) is 18.1 Å². The maximum absolute atomic E-state index is 12.4. The van der Waals surface area contributed by atoms with E-state index < -0.39 is 0 Å². The van der Waals surface area contributed by atoms with Crippen LogP contribution in [0, 0.1) is 0 Å². The topological polar surface area (TPSA) is 84.0 Å². The highest BCUT2D eigenvalue weighted by Gasteiger charge is 2.30. The molecule has 2 atom stereocenters. The lowest BCUT2D eigenvalue weighted by Crippen LogP contribution is -2.41. The number of halogens is 1. The summed E-state index contributed by atoms with van der Waals surface area (Å²) in [5, 5.41) is 4.73. The number of hydrazine groups is 1. The van der Waals surface area contributed by atoms with Gasteiger partial charge in [0.05, 0.1) is 13.3 Å². The summed E-state index contributed by atoms with van der Waals surface area (Å²) in [5.41, 5.74) is 11.7. The Bertz CT molecular complexity index is 1100. The summed E-state index contributed by atoms with van der Waals surface area (Å²) in [5.74, 6) is 1.32. The first-order valence-corrected chi connectivity index (χ1v) is 10.9. The van der Waals surface area contributed by atoms with E-state index in [4.69, 9.17) is 21.1 Å². The molecule has 33 heavy (non-hydrogen) atoms. The third-order valence-corrected chi connectivity index (χ3v) is 5.73. The van der Waals surface area contributed by atoms with Crippen LogP contribution >= 0.6 is 11.6 Å². The number of rotatable bonds is 8. The van der Waals surface area contributed by atoms with E-state index >= 15 is 0 Å². The summed E-state index contributed by atoms with van der Waals surface area (Å²) in [7, 11) is 1.61. The maximum Gasteiger partial charge on any atom is 0.258 e. The lowest BCUT2D eigenvalue weighted by atomic mass is 10.0. The van der Waals surface area contributed by atoms with Gasteiger partial charge in [-0.3, -0.25) is 4.79 Å². The van der Waals surface area contributed by atoms with Crippen molar-refractivity contribution in [2.24, 2.45) is 5.10 Å². The zero-order valence-electron chi connectivity index (χ0n) is 18.1. The molecule has 8 heteroatoms. The van der Waals surface area contributed by atoms with Crippen LogP contribution in [0.5, 0.6) is 11.5 Å². The number of carbonyl (C=O) groups excluding carboxylic acids is 1. The first-order chi connectivity index (χ1) is 16.1. The molecule has 3 aromatic carbocycles. The molecular formula is C25H25ClN4O3. The van der Waals surface area contributed by atoms with Gasteiger partial charge in [0.1, 0.15) is 24.1 Å². The number of hydrazone groups is 1. The van der Waals surface area contributed by atoms with Gasteiger partial charge in [0.15, 0.2) is 0 Å². The van der Waals surface area contributed by atoms with Crippen molar-refractivity contribution in [3.63, 3.8) is 0 Å². The van der Waals surface area contributed by atoms with Crippen LogP contribution in [0.25, 0.3) is 0 Å². The number of hydrogen-bond acceptors (Lipinski definition) is 6. The molecule has 2 unspecified atom stereocenters. The van der Waals surface area contributed by atoms with Crippen molar-refractivity contribution in [3.8, 4) is 11.5 Å².